The molecule has 1 fully saturated rings. The molecule has 0 saturated carbocycles. The molecule has 2 rings (SSSR count). The number of hydrogen-bond donors (Lipinski definition) is 1. The predicted molar refractivity (Wildman–Crippen MR) is 85.4 cm³/mol. The van der Waals surface area contributed by atoms with Crippen molar-refractivity contribution in [2.24, 2.45) is 0 Å². The van der Waals surface area contributed by atoms with Crippen LogP contribution in [0.25, 0.3) is 0 Å². The first-order chi connectivity index (χ1) is 10.5. The lowest BCUT2D eigenvalue weighted by atomic mass is 10.0. The summed E-state index contributed by atoms with van der Waals surface area (Å²) in [5, 5.41) is 0. The molecule has 0 aromatic heterocycles. The summed E-state index contributed by atoms with van der Waals surface area (Å²) in [6, 6.07) is 3.40. The molecule has 0 bridgehead atoms. The van der Waals surface area contributed by atoms with Crippen LogP contribution >= 0.6 is 0 Å². The van der Waals surface area contributed by atoms with Crippen LogP contribution in [-0.2, 0) is 14.8 Å². The Labute approximate surface area is 135 Å². The van der Waals surface area contributed by atoms with Gasteiger partial charge in [0.25, 0.3) is 5.91 Å². The summed E-state index contributed by atoms with van der Waals surface area (Å²) in [7, 11) is -3.58. The molecule has 1 aliphatic rings. The number of sulfonamides is 1. The van der Waals surface area contributed by atoms with Crippen molar-refractivity contribution in [2.75, 3.05) is 24.1 Å². The first-order valence-corrected chi connectivity index (χ1v) is 9.10. The molecule has 1 heterocycles. The third-order valence-corrected chi connectivity index (χ3v) is 3.95. The molecule has 0 aliphatic carbocycles. The Morgan fingerprint density at radius 2 is 2.09 bits per heavy atom. The van der Waals surface area contributed by atoms with Gasteiger partial charge in [0, 0.05) is 13.1 Å². The molecule has 1 saturated heterocycles. The Bertz CT molecular complexity index is 718. The maximum Gasteiger partial charge on any atom is 0.256 e. The number of benzene rings is 1. The average molecular weight is 344 g/mol. The largest absolute Gasteiger partial charge is 0.369 e. The van der Waals surface area contributed by atoms with Crippen LogP contribution < -0.4 is 4.72 Å². The zero-order valence-corrected chi connectivity index (χ0v) is 14.4. The molecule has 1 aromatic carbocycles. The van der Waals surface area contributed by atoms with Gasteiger partial charge in [0.05, 0.1) is 29.2 Å². The molecular weight excluding hydrogens is 323 g/mol. The van der Waals surface area contributed by atoms with E-state index in [1.807, 2.05) is 20.8 Å². The normalized spacial score (nSPS) is 21.1. The first kappa shape index (κ1) is 17.7. The number of halogens is 1. The zero-order valence-electron chi connectivity index (χ0n) is 13.6. The van der Waals surface area contributed by atoms with Gasteiger partial charge in [0.15, 0.2) is 0 Å². The van der Waals surface area contributed by atoms with Gasteiger partial charge in [0.1, 0.15) is 5.82 Å². The van der Waals surface area contributed by atoms with E-state index >= 15 is 0 Å². The van der Waals surface area contributed by atoms with E-state index in [0.29, 0.717) is 13.1 Å². The molecule has 6 nitrogen and oxygen atoms in total. The monoisotopic (exact) mass is 344 g/mol. The number of anilines is 1. The number of ether oxygens (including phenoxy) is 1. The third kappa shape index (κ3) is 4.65. The minimum atomic E-state index is -3.58. The molecule has 128 valence electrons. The number of amides is 1. The van der Waals surface area contributed by atoms with Crippen LogP contribution in [-0.4, -0.2) is 50.3 Å². The number of rotatable bonds is 3. The second kappa shape index (κ2) is 6.09. The van der Waals surface area contributed by atoms with Gasteiger partial charge in [-0.15, -0.1) is 0 Å². The van der Waals surface area contributed by atoms with Crippen LogP contribution in [0.15, 0.2) is 18.2 Å². The highest BCUT2D eigenvalue weighted by Crippen LogP contribution is 2.25. The van der Waals surface area contributed by atoms with E-state index in [9.17, 15) is 17.6 Å². The van der Waals surface area contributed by atoms with Crippen molar-refractivity contribution in [1.82, 2.24) is 4.90 Å². The van der Waals surface area contributed by atoms with Crippen LogP contribution in [0.2, 0.25) is 0 Å². The number of carbonyl (C=O) groups is 1. The number of nitrogens with one attached hydrogen (secondary N) is 1. The summed E-state index contributed by atoms with van der Waals surface area (Å²) in [6.45, 7) is 6.28. The summed E-state index contributed by atoms with van der Waals surface area (Å²) in [4.78, 5) is 14.3. The Morgan fingerprint density at radius 3 is 2.65 bits per heavy atom. The highest BCUT2D eigenvalue weighted by atomic mass is 32.2. The SMILES string of the molecule is CC1CN(C(=O)c2cc(F)ccc2NS(C)(=O)=O)CC(C)(C)O1. The van der Waals surface area contributed by atoms with Crippen LogP contribution in [0.4, 0.5) is 10.1 Å². The molecular formula is C15H21FN2O4S. The fraction of sp³-hybridized carbons (Fsp3) is 0.533. The molecule has 0 spiro atoms. The van der Waals surface area contributed by atoms with Crippen molar-refractivity contribution in [1.29, 1.82) is 0 Å². The molecule has 1 amide bonds. The van der Waals surface area contributed by atoms with Gasteiger partial charge in [-0.3, -0.25) is 9.52 Å². The van der Waals surface area contributed by atoms with Crippen molar-refractivity contribution in [3.63, 3.8) is 0 Å². The van der Waals surface area contributed by atoms with Crippen molar-refractivity contribution in [2.45, 2.75) is 32.5 Å². The average Bonchev–Trinajstić information content (AvgIpc) is 2.36. The summed E-state index contributed by atoms with van der Waals surface area (Å²) in [5.74, 6) is -1.04. The summed E-state index contributed by atoms with van der Waals surface area (Å²) in [6.07, 6.45) is 0.812. The predicted octanol–water partition coefficient (Wildman–Crippen LogP) is 1.84. The summed E-state index contributed by atoms with van der Waals surface area (Å²) >= 11 is 0. The lowest BCUT2D eigenvalue weighted by Gasteiger charge is -2.41. The van der Waals surface area contributed by atoms with Gasteiger partial charge < -0.3 is 9.64 Å². The fourth-order valence-electron chi connectivity index (χ4n) is 2.76. The van der Waals surface area contributed by atoms with E-state index in [0.717, 1.165) is 18.4 Å². The Morgan fingerprint density at radius 1 is 1.43 bits per heavy atom. The second-order valence-corrected chi connectivity index (χ2v) is 8.19. The van der Waals surface area contributed by atoms with Crippen molar-refractivity contribution < 1.29 is 22.3 Å². The highest BCUT2D eigenvalue weighted by Gasteiger charge is 2.34. The Balaban J connectivity index is 2.36. The van der Waals surface area contributed by atoms with E-state index in [2.05, 4.69) is 4.72 Å². The van der Waals surface area contributed by atoms with E-state index < -0.39 is 27.3 Å². The molecule has 0 radical (unpaired) electrons. The maximum absolute atomic E-state index is 13.6. The quantitative estimate of drug-likeness (QED) is 0.908. The van der Waals surface area contributed by atoms with Crippen LogP contribution in [0.5, 0.6) is 0 Å². The lowest BCUT2D eigenvalue weighted by Crippen LogP contribution is -2.53. The van der Waals surface area contributed by atoms with Gasteiger partial charge in [-0.05, 0) is 39.0 Å². The molecule has 1 aromatic rings. The minimum Gasteiger partial charge on any atom is -0.369 e. The molecule has 1 N–H and O–H groups in total. The van der Waals surface area contributed by atoms with Gasteiger partial charge in [-0.25, -0.2) is 12.8 Å². The van der Waals surface area contributed by atoms with Gasteiger partial charge in [-0.2, -0.15) is 0 Å². The molecule has 23 heavy (non-hydrogen) atoms. The Kier molecular flexibility index (Phi) is 4.68. The van der Waals surface area contributed by atoms with Crippen molar-refractivity contribution in [3.8, 4) is 0 Å². The minimum absolute atomic E-state index is 0.0136. The highest BCUT2D eigenvalue weighted by molar-refractivity contribution is 7.92. The van der Waals surface area contributed by atoms with Crippen LogP contribution in [0.3, 0.4) is 0 Å². The van der Waals surface area contributed by atoms with Crippen molar-refractivity contribution >= 4 is 21.6 Å². The van der Waals surface area contributed by atoms with E-state index in [4.69, 9.17) is 4.74 Å². The van der Waals surface area contributed by atoms with Crippen LogP contribution in [0.1, 0.15) is 31.1 Å². The topological polar surface area (TPSA) is 75.7 Å². The third-order valence-electron chi connectivity index (χ3n) is 3.36. The van der Waals surface area contributed by atoms with Gasteiger partial charge in [0.2, 0.25) is 10.0 Å². The van der Waals surface area contributed by atoms with E-state index in [1.54, 1.807) is 4.90 Å². The number of hydrogen-bond acceptors (Lipinski definition) is 4. The van der Waals surface area contributed by atoms with Crippen molar-refractivity contribution in [3.05, 3.63) is 29.6 Å². The zero-order chi connectivity index (χ0) is 17.4. The summed E-state index contributed by atoms with van der Waals surface area (Å²) < 4.78 is 44.4. The number of carbonyl (C=O) groups excluding carboxylic acids is 1. The fourth-order valence-corrected chi connectivity index (χ4v) is 3.34. The van der Waals surface area contributed by atoms with E-state index in [1.165, 1.54) is 6.07 Å². The molecule has 1 aliphatic heterocycles. The first-order valence-electron chi connectivity index (χ1n) is 7.21. The summed E-state index contributed by atoms with van der Waals surface area (Å²) in [5.41, 5.74) is -0.471. The molecule has 1 unspecified atom stereocenters. The standard InChI is InChI=1S/C15H21FN2O4S/c1-10-8-18(9-15(2,3)22-10)14(19)12-7-11(16)5-6-13(12)17-23(4,20)21/h5-7,10,17H,8-9H2,1-4H3. The number of nitrogens with zero attached hydrogens (tertiary/aromatic N) is 1. The smallest absolute Gasteiger partial charge is 0.256 e. The van der Waals surface area contributed by atoms with Crippen LogP contribution in [0, 0.1) is 5.82 Å². The second-order valence-electron chi connectivity index (χ2n) is 6.44. The van der Waals surface area contributed by atoms with Gasteiger partial charge in [-0.1, -0.05) is 0 Å². The Hall–Kier alpha value is -1.67. The number of morpholine rings is 1. The lowest BCUT2D eigenvalue weighted by molar-refractivity contribution is -0.118. The molecule has 8 heteroatoms. The van der Waals surface area contributed by atoms with Gasteiger partial charge >= 0.3 is 0 Å². The molecule has 1 atom stereocenters. The maximum atomic E-state index is 13.6. The van der Waals surface area contributed by atoms with E-state index in [-0.39, 0.29) is 17.4 Å².